The summed E-state index contributed by atoms with van der Waals surface area (Å²) in [6.45, 7) is 0.604. The molecule has 36 heavy (non-hydrogen) atoms. The number of urea groups is 2. The molecular weight excluding hydrogens is 506 g/mol. The number of rotatable bonds is 9. The molecule has 0 saturated carbocycles. The fourth-order valence-corrected chi connectivity index (χ4v) is 4.58. The predicted molar refractivity (Wildman–Crippen MR) is 141 cm³/mol. The van der Waals surface area contributed by atoms with Crippen LogP contribution in [0, 0.1) is 22.5 Å². The van der Waals surface area contributed by atoms with Crippen LogP contribution in [-0.4, -0.2) is 56.6 Å². The van der Waals surface area contributed by atoms with Crippen LogP contribution in [0.5, 0.6) is 0 Å². The average molecular weight is 529 g/mol. The van der Waals surface area contributed by atoms with Crippen molar-refractivity contribution in [1.29, 1.82) is 10.8 Å². The lowest BCUT2D eigenvalue weighted by atomic mass is 10.2. The van der Waals surface area contributed by atoms with E-state index in [1.165, 1.54) is 68.1 Å². The lowest BCUT2D eigenvalue weighted by molar-refractivity contribution is 0.230. The van der Waals surface area contributed by atoms with Gasteiger partial charge >= 0.3 is 12.1 Å². The SMILES string of the molecule is N=C1C(=S)N(c2ccc(F)cc2)C(=O)N1CCCCCCN1C(=N)C(=S)N(c2ccc(F)cc2)C1=O. The molecule has 0 bridgehead atoms. The van der Waals surface area contributed by atoms with Crippen LogP contribution in [-0.2, 0) is 0 Å². The van der Waals surface area contributed by atoms with E-state index >= 15 is 0 Å². The van der Waals surface area contributed by atoms with Crippen LogP contribution >= 0.6 is 24.4 Å². The number of thiocarbonyl (C=S) groups is 2. The van der Waals surface area contributed by atoms with E-state index in [1.807, 2.05) is 0 Å². The lowest BCUT2D eigenvalue weighted by Gasteiger charge is -2.18. The third-order valence-electron chi connectivity index (χ3n) is 5.88. The van der Waals surface area contributed by atoms with Gasteiger partial charge in [-0.3, -0.25) is 20.6 Å². The van der Waals surface area contributed by atoms with Gasteiger partial charge in [0.1, 0.15) is 11.6 Å². The molecule has 0 aromatic heterocycles. The first-order valence-corrected chi connectivity index (χ1v) is 12.0. The molecule has 8 nitrogen and oxygen atoms in total. The van der Waals surface area contributed by atoms with Crippen LogP contribution < -0.4 is 9.80 Å². The molecule has 2 aromatic rings. The summed E-state index contributed by atoms with van der Waals surface area (Å²) < 4.78 is 26.4. The van der Waals surface area contributed by atoms with E-state index in [0.717, 1.165) is 12.8 Å². The minimum absolute atomic E-state index is 0.0650. The Kier molecular flexibility index (Phi) is 7.45. The van der Waals surface area contributed by atoms with Gasteiger partial charge in [-0.2, -0.15) is 0 Å². The van der Waals surface area contributed by atoms with Gasteiger partial charge in [-0.05, 0) is 61.4 Å². The second kappa shape index (κ2) is 10.5. The molecule has 0 unspecified atom stereocenters. The van der Waals surface area contributed by atoms with Crippen LogP contribution in [0.3, 0.4) is 0 Å². The molecule has 0 radical (unpaired) electrons. The zero-order chi connectivity index (χ0) is 26.0. The van der Waals surface area contributed by atoms with Crippen LogP contribution in [0.2, 0.25) is 0 Å². The van der Waals surface area contributed by atoms with Gasteiger partial charge in [0.25, 0.3) is 0 Å². The van der Waals surface area contributed by atoms with E-state index in [-0.39, 0.29) is 21.6 Å². The van der Waals surface area contributed by atoms with E-state index in [4.69, 9.17) is 35.3 Å². The largest absolute Gasteiger partial charge is 0.335 e. The highest BCUT2D eigenvalue weighted by Crippen LogP contribution is 2.25. The number of benzene rings is 2. The number of anilines is 2. The maximum absolute atomic E-state index is 13.2. The minimum Gasteiger partial charge on any atom is -0.282 e. The molecule has 2 aliphatic heterocycles. The summed E-state index contributed by atoms with van der Waals surface area (Å²) >= 11 is 10.5. The normalized spacial score (nSPS) is 16.3. The summed E-state index contributed by atoms with van der Waals surface area (Å²) in [5.41, 5.74) is 0.813. The molecule has 4 amide bonds. The summed E-state index contributed by atoms with van der Waals surface area (Å²) in [5, 5.41) is 16.4. The Morgan fingerprint density at radius 1 is 0.611 bits per heavy atom. The molecule has 12 heteroatoms. The second-order valence-corrected chi connectivity index (χ2v) is 8.99. The van der Waals surface area contributed by atoms with Crippen molar-refractivity contribution in [2.24, 2.45) is 0 Å². The highest BCUT2D eigenvalue weighted by Gasteiger charge is 2.40. The number of carbonyl (C=O) groups excluding carboxylic acids is 2. The van der Waals surface area contributed by atoms with Gasteiger partial charge < -0.3 is 0 Å². The molecule has 4 rings (SSSR count). The molecule has 2 heterocycles. The first-order valence-electron chi connectivity index (χ1n) is 11.2. The third kappa shape index (κ3) is 4.86. The highest BCUT2D eigenvalue weighted by atomic mass is 32.1. The first kappa shape index (κ1) is 25.5. The molecule has 2 N–H and O–H groups in total. The fourth-order valence-electron chi connectivity index (χ4n) is 3.99. The molecule has 2 aliphatic rings. The van der Waals surface area contributed by atoms with Gasteiger partial charge in [-0.1, -0.05) is 37.3 Å². The number of unbranched alkanes of at least 4 members (excludes halogenated alkanes) is 3. The van der Waals surface area contributed by atoms with E-state index in [9.17, 15) is 18.4 Å². The van der Waals surface area contributed by atoms with Crippen molar-refractivity contribution in [3.63, 3.8) is 0 Å². The zero-order valence-corrected chi connectivity index (χ0v) is 20.7. The van der Waals surface area contributed by atoms with Gasteiger partial charge in [-0.25, -0.2) is 28.2 Å². The lowest BCUT2D eigenvalue weighted by Crippen LogP contribution is -2.34. The van der Waals surface area contributed by atoms with Crippen LogP contribution in [0.25, 0.3) is 0 Å². The number of amides is 4. The van der Waals surface area contributed by atoms with Crippen molar-refractivity contribution in [3.05, 3.63) is 60.2 Å². The van der Waals surface area contributed by atoms with Crippen molar-refractivity contribution in [3.8, 4) is 0 Å². The van der Waals surface area contributed by atoms with E-state index < -0.39 is 23.7 Å². The van der Waals surface area contributed by atoms with Crippen LogP contribution in [0.4, 0.5) is 29.7 Å². The number of carbonyl (C=O) groups is 2. The Bertz CT molecular complexity index is 1150. The number of nitrogens with zero attached hydrogens (tertiary/aromatic N) is 4. The molecule has 2 fully saturated rings. The summed E-state index contributed by atoms with van der Waals surface area (Å²) in [7, 11) is 0. The Labute approximate surface area is 217 Å². The molecular formula is C24H22F2N6O2S2. The van der Waals surface area contributed by atoms with Crippen LogP contribution in [0.15, 0.2) is 48.5 Å². The molecule has 186 valence electrons. The molecule has 2 saturated heterocycles. The molecule has 0 aliphatic carbocycles. The second-order valence-electron chi connectivity index (χ2n) is 8.21. The van der Waals surface area contributed by atoms with E-state index in [1.54, 1.807) is 0 Å². The number of hydrogen-bond acceptors (Lipinski definition) is 6. The number of halogens is 2. The maximum Gasteiger partial charge on any atom is 0.335 e. The number of hydrogen-bond donors (Lipinski definition) is 2. The van der Waals surface area contributed by atoms with Crippen molar-refractivity contribution < 1.29 is 18.4 Å². The summed E-state index contributed by atoms with van der Waals surface area (Å²) in [6, 6.07) is 9.80. The summed E-state index contributed by atoms with van der Waals surface area (Å²) in [5.74, 6) is -0.993. The van der Waals surface area contributed by atoms with Crippen molar-refractivity contribution in [2.75, 3.05) is 22.9 Å². The number of amidine groups is 2. The monoisotopic (exact) mass is 528 g/mol. The minimum atomic E-state index is -0.442. The van der Waals surface area contributed by atoms with Gasteiger partial charge in [0, 0.05) is 13.1 Å². The van der Waals surface area contributed by atoms with Crippen LogP contribution in [0.1, 0.15) is 25.7 Å². The Morgan fingerprint density at radius 2 is 0.944 bits per heavy atom. The molecule has 0 spiro atoms. The Balaban J connectivity index is 1.25. The van der Waals surface area contributed by atoms with Gasteiger partial charge in [0.2, 0.25) is 0 Å². The first-order chi connectivity index (χ1) is 17.2. The maximum atomic E-state index is 13.2. The van der Waals surface area contributed by atoms with E-state index in [0.29, 0.717) is 37.3 Å². The van der Waals surface area contributed by atoms with Crippen molar-refractivity contribution in [2.45, 2.75) is 25.7 Å². The quantitative estimate of drug-likeness (QED) is 0.340. The fraction of sp³-hybridized carbons (Fsp3) is 0.250. The third-order valence-corrected chi connectivity index (χ3v) is 6.63. The predicted octanol–water partition coefficient (Wildman–Crippen LogP) is 5.32. The number of nitrogens with one attached hydrogen (secondary N) is 2. The van der Waals surface area contributed by atoms with Crippen molar-refractivity contribution >= 4 is 69.5 Å². The summed E-state index contributed by atoms with van der Waals surface area (Å²) in [4.78, 5) is 30.8. The average Bonchev–Trinajstić information content (AvgIpc) is 3.20. The molecule has 2 aromatic carbocycles. The summed E-state index contributed by atoms with van der Waals surface area (Å²) in [6.07, 6.45) is 2.67. The Hall–Kier alpha value is -3.64. The van der Waals surface area contributed by atoms with Gasteiger partial charge in [-0.15, -0.1) is 0 Å². The van der Waals surface area contributed by atoms with Crippen molar-refractivity contribution in [1.82, 2.24) is 9.80 Å². The standard InChI is InChI=1S/C24H22F2N6O2S2/c25-15-5-9-17(10-6-15)31-21(35)19(27)29(23(31)33)13-3-1-2-4-14-30-20(28)22(36)32(24(30)34)18-11-7-16(26)8-12-18/h5-12,27-28H,1-4,13-14H2. The van der Waals surface area contributed by atoms with Gasteiger partial charge in [0.15, 0.2) is 21.6 Å². The highest BCUT2D eigenvalue weighted by molar-refractivity contribution is 7.82. The zero-order valence-electron chi connectivity index (χ0n) is 19.0. The van der Waals surface area contributed by atoms with Gasteiger partial charge in [0.05, 0.1) is 11.4 Å². The smallest absolute Gasteiger partial charge is 0.282 e. The van der Waals surface area contributed by atoms with E-state index in [2.05, 4.69) is 0 Å². The Morgan fingerprint density at radius 3 is 1.28 bits per heavy atom. The molecule has 0 atom stereocenters. The topological polar surface area (TPSA) is 94.8 Å².